The maximum Gasteiger partial charge on any atom is 0.358 e. The highest BCUT2D eigenvalue weighted by molar-refractivity contribution is 5.93. The molecule has 0 aromatic carbocycles. The van der Waals surface area contributed by atoms with Crippen molar-refractivity contribution in [2.75, 3.05) is 13.1 Å². The van der Waals surface area contributed by atoms with Crippen LogP contribution in [0.5, 0.6) is 0 Å². The molecule has 0 aliphatic carbocycles. The molecule has 2 aromatic rings. The molecule has 0 radical (unpaired) electrons. The van der Waals surface area contributed by atoms with Crippen molar-refractivity contribution in [1.29, 1.82) is 0 Å². The molecule has 1 amide bonds. The molecule has 0 bridgehead atoms. The summed E-state index contributed by atoms with van der Waals surface area (Å²) in [6, 6.07) is 1.13. The van der Waals surface area contributed by atoms with Crippen molar-refractivity contribution in [2.45, 2.75) is 25.3 Å². The number of aromatic nitrogens is 3. The van der Waals surface area contributed by atoms with Gasteiger partial charge in [-0.25, -0.2) is 18.3 Å². The van der Waals surface area contributed by atoms with E-state index in [-0.39, 0.29) is 5.91 Å². The van der Waals surface area contributed by atoms with E-state index in [9.17, 15) is 18.4 Å². The van der Waals surface area contributed by atoms with Crippen LogP contribution in [0.1, 0.15) is 51.8 Å². The minimum Gasteiger partial charge on any atom is -0.476 e. The Morgan fingerprint density at radius 1 is 1.33 bits per heavy atom. The molecular formula is C14H14F2N4O4. The van der Waals surface area contributed by atoms with Gasteiger partial charge in [0.05, 0.1) is 17.9 Å². The fourth-order valence-corrected chi connectivity index (χ4v) is 2.81. The minimum absolute atomic E-state index is 0.193. The number of nitrogens with zero attached hydrogens (tertiary/aromatic N) is 4. The van der Waals surface area contributed by atoms with Crippen LogP contribution in [0.3, 0.4) is 0 Å². The highest BCUT2D eigenvalue weighted by Crippen LogP contribution is 2.29. The van der Waals surface area contributed by atoms with E-state index in [0.717, 1.165) is 4.68 Å². The summed E-state index contributed by atoms with van der Waals surface area (Å²) in [4.78, 5) is 24.8. The van der Waals surface area contributed by atoms with Crippen LogP contribution in [-0.2, 0) is 0 Å². The lowest BCUT2D eigenvalue weighted by molar-refractivity contribution is 0.0667. The van der Waals surface area contributed by atoms with E-state index in [4.69, 9.17) is 9.52 Å². The minimum atomic E-state index is -2.99. The molecule has 1 fully saturated rings. The number of carboxylic acid groups (broad SMARTS) is 1. The molecule has 24 heavy (non-hydrogen) atoms. The van der Waals surface area contributed by atoms with Gasteiger partial charge in [0.15, 0.2) is 5.69 Å². The highest BCUT2D eigenvalue weighted by atomic mass is 19.3. The molecule has 10 heteroatoms. The molecule has 1 saturated heterocycles. The third-order valence-corrected chi connectivity index (χ3v) is 4.01. The second-order valence-electron chi connectivity index (χ2n) is 5.41. The van der Waals surface area contributed by atoms with Gasteiger partial charge in [0, 0.05) is 13.1 Å². The van der Waals surface area contributed by atoms with E-state index in [0.29, 0.717) is 31.5 Å². The third kappa shape index (κ3) is 2.86. The van der Waals surface area contributed by atoms with Crippen molar-refractivity contribution in [1.82, 2.24) is 19.9 Å². The Hall–Kier alpha value is -2.78. The van der Waals surface area contributed by atoms with E-state index >= 15 is 0 Å². The van der Waals surface area contributed by atoms with Crippen molar-refractivity contribution in [2.24, 2.45) is 0 Å². The molecule has 1 aliphatic heterocycles. The number of aromatic carboxylic acids is 1. The number of hydrogen-bond acceptors (Lipinski definition) is 5. The molecule has 2 aromatic heterocycles. The predicted molar refractivity (Wildman–Crippen MR) is 74.8 cm³/mol. The summed E-state index contributed by atoms with van der Waals surface area (Å²) < 4.78 is 32.2. The van der Waals surface area contributed by atoms with Gasteiger partial charge in [-0.05, 0) is 18.9 Å². The Kier molecular flexibility index (Phi) is 4.28. The smallest absolute Gasteiger partial charge is 0.358 e. The average molecular weight is 340 g/mol. The molecule has 0 unspecified atom stereocenters. The molecule has 0 spiro atoms. The third-order valence-electron chi connectivity index (χ3n) is 4.01. The number of halogens is 2. The Bertz CT molecular complexity index is 736. The number of hydrogen-bond donors (Lipinski definition) is 1. The number of carboxylic acids is 1. The normalized spacial score (nSPS) is 15.9. The van der Waals surface area contributed by atoms with Gasteiger partial charge in [-0.3, -0.25) is 4.79 Å². The standard InChI is InChI=1S/C14H14F2N4O4/c15-12(16)11-10(14(22)23)17-18-20(11)9-1-4-19(5-2-9)13(21)8-3-6-24-7-8/h3,6-7,9,12H,1-2,4-5H2,(H,22,23). The molecule has 128 valence electrons. The zero-order chi connectivity index (χ0) is 17.3. The quantitative estimate of drug-likeness (QED) is 0.913. The number of alkyl halides is 2. The average Bonchev–Trinajstić information content (AvgIpc) is 3.23. The zero-order valence-corrected chi connectivity index (χ0v) is 12.4. The van der Waals surface area contributed by atoms with Crippen molar-refractivity contribution in [3.05, 3.63) is 35.5 Å². The van der Waals surface area contributed by atoms with E-state index in [2.05, 4.69) is 10.3 Å². The predicted octanol–water partition coefficient (Wildman–Crippen LogP) is 1.98. The van der Waals surface area contributed by atoms with Gasteiger partial charge < -0.3 is 14.4 Å². The van der Waals surface area contributed by atoms with Crippen LogP contribution in [0.25, 0.3) is 0 Å². The number of likely N-dealkylation sites (tertiary alicyclic amines) is 1. The molecular weight excluding hydrogens is 326 g/mol. The summed E-state index contributed by atoms with van der Waals surface area (Å²) in [6.07, 6.45) is 0.520. The first-order chi connectivity index (χ1) is 11.5. The van der Waals surface area contributed by atoms with E-state index in [1.54, 1.807) is 11.0 Å². The van der Waals surface area contributed by atoms with E-state index in [1.807, 2.05) is 0 Å². The summed E-state index contributed by atoms with van der Waals surface area (Å²) in [6.45, 7) is 0.694. The Morgan fingerprint density at radius 2 is 2.04 bits per heavy atom. The molecule has 3 heterocycles. The van der Waals surface area contributed by atoms with Crippen LogP contribution in [0.4, 0.5) is 8.78 Å². The maximum absolute atomic E-state index is 13.2. The molecule has 0 atom stereocenters. The summed E-state index contributed by atoms with van der Waals surface area (Å²) in [5.74, 6) is -1.73. The second kappa shape index (κ2) is 6.38. The summed E-state index contributed by atoms with van der Waals surface area (Å²) in [5.41, 5.74) is -1.00. The Morgan fingerprint density at radius 3 is 2.58 bits per heavy atom. The van der Waals surface area contributed by atoms with Crippen LogP contribution >= 0.6 is 0 Å². The lowest BCUT2D eigenvalue weighted by Crippen LogP contribution is -2.39. The molecule has 3 rings (SSSR count). The van der Waals surface area contributed by atoms with Gasteiger partial charge in [-0.1, -0.05) is 5.21 Å². The van der Waals surface area contributed by atoms with Crippen molar-refractivity contribution < 1.29 is 27.9 Å². The Labute approximate surface area is 134 Å². The van der Waals surface area contributed by atoms with Gasteiger partial charge in [0.2, 0.25) is 0 Å². The van der Waals surface area contributed by atoms with E-state index in [1.165, 1.54) is 12.5 Å². The van der Waals surface area contributed by atoms with Gasteiger partial charge in [-0.15, -0.1) is 5.10 Å². The molecule has 1 aliphatic rings. The van der Waals surface area contributed by atoms with Crippen LogP contribution in [0.15, 0.2) is 23.0 Å². The zero-order valence-electron chi connectivity index (χ0n) is 12.4. The number of piperidine rings is 1. The van der Waals surface area contributed by atoms with Crippen LogP contribution in [-0.4, -0.2) is 50.0 Å². The van der Waals surface area contributed by atoms with Crippen molar-refractivity contribution in [3.8, 4) is 0 Å². The Balaban J connectivity index is 1.73. The van der Waals surface area contributed by atoms with Crippen LogP contribution in [0.2, 0.25) is 0 Å². The highest BCUT2D eigenvalue weighted by Gasteiger charge is 2.32. The number of rotatable bonds is 4. The van der Waals surface area contributed by atoms with Crippen molar-refractivity contribution in [3.63, 3.8) is 0 Å². The molecule has 0 saturated carbocycles. The fraction of sp³-hybridized carbons (Fsp3) is 0.429. The number of furan rings is 1. The monoisotopic (exact) mass is 340 g/mol. The first-order valence-corrected chi connectivity index (χ1v) is 7.27. The number of carbonyl (C=O) groups is 2. The van der Waals surface area contributed by atoms with Gasteiger partial charge in [0.25, 0.3) is 12.3 Å². The lowest BCUT2D eigenvalue weighted by Gasteiger charge is -2.32. The first-order valence-electron chi connectivity index (χ1n) is 7.27. The molecule has 1 N–H and O–H groups in total. The van der Waals surface area contributed by atoms with Gasteiger partial charge >= 0.3 is 5.97 Å². The van der Waals surface area contributed by atoms with Gasteiger partial charge in [-0.2, -0.15) is 0 Å². The second-order valence-corrected chi connectivity index (χ2v) is 5.41. The summed E-state index contributed by atoms with van der Waals surface area (Å²) in [7, 11) is 0. The van der Waals surface area contributed by atoms with Crippen molar-refractivity contribution >= 4 is 11.9 Å². The largest absolute Gasteiger partial charge is 0.476 e. The first kappa shape index (κ1) is 16.1. The summed E-state index contributed by atoms with van der Waals surface area (Å²) in [5, 5.41) is 15.9. The SMILES string of the molecule is O=C(O)c1nnn(C2CCN(C(=O)c3ccoc3)CC2)c1C(F)F. The van der Waals surface area contributed by atoms with Crippen LogP contribution < -0.4 is 0 Å². The fourth-order valence-electron chi connectivity index (χ4n) is 2.81. The maximum atomic E-state index is 13.2. The lowest BCUT2D eigenvalue weighted by atomic mass is 10.0. The van der Waals surface area contributed by atoms with Crippen LogP contribution in [0, 0.1) is 0 Å². The number of amides is 1. The van der Waals surface area contributed by atoms with E-state index < -0.39 is 29.8 Å². The number of carbonyl (C=O) groups excluding carboxylic acids is 1. The summed E-state index contributed by atoms with van der Waals surface area (Å²) >= 11 is 0. The topological polar surface area (TPSA) is 101 Å². The molecule has 8 nitrogen and oxygen atoms in total. The van der Waals surface area contributed by atoms with Gasteiger partial charge in [0.1, 0.15) is 12.0 Å².